The summed E-state index contributed by atoms with van der Waals surface area (Å²) in [6, 6.07) is 0. The maximum atomic E-state index is 8.88. The molecule has 0 amide bonds. The molecule has 20 heavy (non-hydrogen) atoms. The van der Waals surface area contributed by atoms with Gasteiger partial charge in [0.25, 0.3) is 0 Å². The van der Waals surface area contributed by atoms with Crippen LogP contribution in [0.5, 0.6) is 0 Å². The van der Waals surface area contributed by atoms with Crippen LogP contribution < -0.4 is 0 Å². The van der Waals surface area contributed by atoms with Crippen LogP contribution in [0.15, 0.2) is 0 Å². The van der Waals surface area contributed by atoms with Gasteiger partial charge in [-0.3, -0.25) is 0 Å². The summed E-state index contributed by atoms with van der Waals surface area (Å²) < 4.78 is 26.6. The number of phosphoric acid groups is 3. The first-order valence-electron chi connectivity index (χ1n) is 2.35. The van der Waals surface area contributed by atoms with Crippen LogP contribution in [0, 0.1) is 0 Å². The molecular weight excluding hydrogens is 379 g/mol. The van der Waals surface area contributed by atoms with Crippen molar-refractivity contribution in [1.29, 1.82) is 0 Å². The van der Waals surface area contributed by atoms with E-state index in [4.69, 9.17) is 57.7 Å². The Balaban J connectivity index is -0.0000000160. The normalized spacial score (nSPS) is 8.85. The van der Waals surface area contributed by atoms with Crippen molar-refractivity contribution in [3.05, 3.63) is 0 Å². The van der Waals surface area contributed by atoms with E-state index in [1.165, 1.54) is 0 Å². The topological polar surface area (TPSA) is 328 Å². The van der Waals surface area contributed by atoms with Gasteiger partial charge in [-0.2, -0.15) is 0 Å². The van der Waals surface area contributed by atoms with Crippen LogP contribution >= 0.6 is 23.5 Å². The first kappa shape index (κ1) is 49.5. The second kappa shape index (κ2) is 21.2. The van der Waals surface area contributed by atoms with Crippen molar-refractivity contribution >= 4 is 82.6 Å². The van der Waals surface area contributed by atoms with Gasteiger partial charge in [-0.25, -0.2) is 13.7 Å². The molecule has 0 fully saturated rings. The summed E-state index contributed by atoms with van der Waals surface area (Å²) in [4.78, 5) is 64.7. The van der Waals surface area contributed by atoms with Crippen LogP contribution in [0.1, 0.15) is 0 Å². The van der Waals surface area contributed by atoms with E-state index in [0.29, 0.717) is 0 Å². The number of hydrogen-bond acceptors (Lipinski definition) is 3. The zero-order chi connectivity index (χ0) is 13.5. The van der Waals surface area contributed by atoms with Gasteiger partial charge in [0.15, 0.2) is 0 Å². The van der Waals surface area contributed by atoms with Crippen LogP contribution in [-0.2, 0) is 13.7 Å². The quantitative estimate of drug-likeness (QED) is 0.136. The molecule has 0 aromatic rings. The van der Waals surface area contributed by atoms with Crippen LogP contribution in [-0.4, -0.2) is 120 Å². The van der Waals surface area contributed by atoms with Gasteiger partial charge in [-0.15, -0.1) is 0 Å². The molecule has 0 unspecified atom stereocenters. The van der Waals surface area contributed by atoms with E-state index in [-0.39, 0.29) is 75.5 Å². The van der Waals surface area contributed by atoms with Crippen LogP contribution in [0.2, 0.25) is 0 Å². The van der Waals surface area contributed by atoms with Crippen molar-refractivity contribution in [2.75, 3.05) is 0 Å². The zero-order valence-corrected chi connectivity index (χ0v) is 10.8. The minimum atomic E-state index is -4.64. The Labute approximate surface area is 155 Å². The Bertz CT molecular complexity index is 207. The van der Waals surface area contributed by atoms with Crippen LogP contribution in [0.4, 0.5) is 0 Å². The summed E-state index contributed by atoms with van der Waals surface area (Å²) in [5.74, 6) is 0. The molecule has 0 saturated heterocycles. The summed E-state index contributed by atoms with van der Waals surface area (Å²) in [7, 11) is -13.9. The Kier molecular flexibility index (Phi) is 52.5. The van der Waals surface area contributed by atoms with Gasteiger partial charge in [-0.05, 0) is 0 Å². The molecule has 0 spiro atoms. The Morgan fingerprint density at radius 1 is 0.400 bits per heavy atom. The Morgan fingerprint density at radius 3 is 0.400 bits per heavy atom. The van der Waals surface area contributed by atoms with E-state index < -0.39 is 23.5 Å². The molecule has 0 rings (SSSR count). The molecule has 15 nitrogen and oxygen atoms in total. The van der Waals surface area contributed by atoms with E-state index in [9.17, 15) is 0 Å². The van der Waals surface area contributed by atoms with E-state index in [2.05, 4.69) is 0 Å². The third kappa shape index (κ3) is 1530. The fraction of sp³-hybridized carbons (Fsp3) is 0. The van der Waals surface area contributed by atoms with E-state index >= 15 is 0 Å². The molecular formula is H17Na2O15P3. The van der Waals surface area contributed by atoms with Crippen molar-refractivity contribution in [2.45, 2.75) is 0 Å². The van der Waals surface area contributed by atoms with E-state index in [0.717, 1.165) is 0 Å². The molecule has 0 aromatic heterocycles. The fourth-order valence-corrected chi connectivity index (χ4v) is 0. The predicted molar refractivity (Wildman–Crippen MR) is 67.9 cm³/mol. The second-order valence-electron chi connectivity index (χ2n) is 1.54. The molecule has 124 valence electrons. The van der Waals surface area contributed by atoms with Gasteiger partial charge in [0, 0.05) is 0 Å². The van der Waals surface area contributed by atoms with Gasteiger partial charge < -0.3 is 60.5 Å². The fourth-order valence-electron chi connectivity index (χ4n) is 0. The van der Waals surface area contributed by atoms with Crippen molar-refractivity contribution < 1.29 is 74.2 Å². The summed E-state index contributed by atoms with van der Waals surface area (Å²) in [5, 5.41) is 0. The van der Waals surface area contributed by atoms with Crippen molar-refractivity contribution in [2.24, 2.45) is 0 Å². The third-order valence-corrected chi connectivity index (χ3v) is 0. The van der Waals surface area contributed by atoms with Gasteiger partial charge >= 0.3 is 82.6 Å². The third-order valence-electron chi connectivity index (χ3n) is 0. The van der Waals surface area contributed by atoms with Gasteiger partial charge in [0.2, 0.25) is 0 Å². The summed E-state index contributed by atoms with van der Waals surface area (Å²) in [6.45, 7) is 0. The zero-order valence-electron chi connectivity index (χ0n) is 8.09. The average Bonchev–Trinajstić information content (AvgIpc) is 1.41. The molecule has 0 heterocycles. The Hall–Kier alpha value is 2.21. The molecule has 0 aliphatic carbocycles. The van der Waals surface area contributed by atoms with Crippen LogP contribution in [0.3, 0.4) is 0 Å². The molecule has 0 radical (unpaired) electrons. The molecule has 0 aliphatic rings. The van der Waals surface area contributed by atoms with E-state index in [1.54, 1.807) is 0 Å². The maximum absolute atomic E-state index is 8.88. The monoisotopic (exact) mass is 396 g/mol. The number of rotatable bonds is 0. The SMILES string of the molecule is O.O.O.O=P(O)(O)O.O=P(O)(O)O.O=P(O)(O)O.[NaH].[NaH]. The standard InChI is InChI=1S/2Na.3H3O4P.3H2O.2H/c;;3*1-5(2,3)4;;;;;/h;;3*(H3,1,2,3,4);3*1H2;;. The van der Waals surface area contributed by atoms with Crippen molar-refractivity contribution in [3.8, 4) is 0 Å². The minimum absolute atomic E-state index is 0. The first-order valence-corrected chi connectivity index (χ1v) is 7.04. The van der Waals surface area contributed by atoms with Gasteiger partial charge in [-0.1, -0.05) is 0 Å². The predicted octanol–water partition coefficient (Wildman–Crippen LogP) is -6.56. The van der Waals surface area contributed by atoms with Crippen molar-refractivity contribution in [3.63, 3.8) is 0 Å². The van der Waals surface area contributed by atoms with E-state index in [1.807, 2.05) is 0 Å². The summed E-state index contributed by atoms with van der Waals surface area (Å²) in [5.41, 5.74) is 0. The molecule has 15 N–H and O–H groups in total. The van der Waals surface area contributed by atoms with Gasteiger partial charge in [0.1, 0.15) is 0 Å². The molecule has 0 aliphatic heterocycles. The molecule has 20 heteroatoms. The molecule has 0 bridgehead atoms. The molecule has 0 atom stereocenters. The molecule has 0 aromatic carbocycles. The van der Waals surface area contributed by atoms with Crippen molar-refractivity contribution in [1.82, 2.24) is 0 Å². The summed E-state index contributed by atoms with van der Waals surface area (Å²) >= 11 is 0. The first-order chi connectivity index (χ1) is 6.00. The number of hydrogen-bond donors (Lipinski definition) is 9. The van der Waals surface area contributed by atoms with Gasteiger partial charge in [0.05, 0.1) is 0 Å². The van der Waals surface area contributed by atoms with Crippen LogP contribution in [0.25, 0.3) is 0 Å². The second-order valence-corrected chi connectivity index (χ2v) is 4.62. The Morgan fingerprint density at radius 2 is 0.400 bits per heavy atom. The average molecular weight is 396 g/mol. The molecule has 0 saturated carbocycles. The summed E-state index contributed by atoms with van der Waals surface area (Å²) in [6.07, 6.45) is 0.